The van der Waals surface area contributed by atoms with Gasteiger partial charge in [-0.25, -0.2) is 4.98 Å². The number of ether oxygens (including phenoxy) is 2. The predicted octanol–water partition coefficient (Wildman–Crippen LogP) is 3.02. The fraction of sp³-hybridized carbons (Fsp3) is 0.133. The molecule has 0 fully saturated rings. The molecule has 3 rings (SSSR count). The normalized spacial score (nSPS) is 10.6. The zero-order valence-corrected chi connectivity index (χ0v) is 10.8. The van der Waals surface area contributed by atoms with E-state index in [1.165, 1.54) is 0 Å². The molecule has 0 spiro atoms. The molecule has 0 aliphatic carbocycles. The number of pyridine rings is 1. The first-order valence-corrected chi connectivity index (χ1v) is 5.98. The van der Waals surface area contributed by atoms with Crippen LogP contribution in [0.3, 0.4) is 0 Å². The molecule has 0 aliphatic heterocycles. The molecule has 19 heavy (non-hydrogen) atoms. The molecule has 2 heterocycles. The summed E-state index contributed by atoms with van der Waals surface area (Å²) in [4.78, 5) is 4.61. The van der Waals surface area contributed by atoms with Crippen LogP contribution >= 0.6 is 0 Å². The van der Waals surface area contributed by atoms with E-state index in [0.717, 1.165) is 28.4 Å². The van der Waals surface area contributed by atoms with Crippen molar-refractivity contribution in [1.82, 2.24) is 9.38 Å². The molecular weight excluding hydrogens is 240 g/mol. The number of benzene rings is 1. The van der Waals surface area contributed by atoms with Crippen molar-refractivity contribution in [3.8, 4) is 22.8 Å². The minimum Gasteiger partial charge on any atom is -0.497 e. The van der Waals surface area contributed by atoms with Gasteiger partial charge in [-0.3, -0.25) is 0 Å². The van der Waals surface area contributed by atoms with E-state index in [1.807, 2.05) is 53.2 Å². The molecule has 3 aromatic rings. The zero-order valence-electron chi connectivity index (χ0n) is 10.8. The third-order valence-electron chi connectivity index (χ3n) is 3.03. The predicted molar refractivity (Wildman–Crippen MR) is 73.7 cm³/mol. The minimum atomic E-state index is 0.761. The van der Waals surface area contributed by atoms with E-state index in [2.05, 4.69) is 4.98 Å². The molecule has 0 saturated carbocycles. The molecule has 0 unspecified atom stereocenters. The third kappa shape index (κ3) is 2.01. The van der Waals surface area contributed by atoms with Crippen molar-refractivity contribution in [2.45, 2.75) is 0 Å². The lowest BCUT2D eigenvalue weighted by molar-refractivity contribution is 0.415. The fourth-order valence-corrected chi connectivity index (χ4v) is 2.07. The Morgan fingerprint density at radius 2 is 1.95 bits per heavy atom. The van der Waals surface area contributed by atoms with Crippen LogP contribution in [0.15, 0.2) is 48.8 Å². The Morgan fingerprint density at radius 1 is 1.05 bits per heavy atom. The molecule has 4 nitrogen and oxygen atoms in total. The summed E-state index contributed by atoms with van der Waals surface area (Å²) in [6.07, 6.45) is 3.93. The Balaban J connectivity index is 2.15. The lowest BCUT2D eigenvalue weighted by atomic mass is 10.1. The number of hydrogen-bond acceptors (Lipinski definition) is 3. The van der Waals surface area contributed by atoms with Crippen LogP contribution in [0, 0.1) is 0 Å². The molecule has 1 aromatic carbocycles. The molecule has 4 heteroatoms. The number of imidazole rings is 1. The van der Waals surface area contributed by atoms with Gasteiger partial charge in [0.15, 0.2) is 11.4 Å². The monoisotopic (exact) mass is 254 g/mol. The van der Waals surface area contributed by atoms with Crippen LogP contribution in [0.1, 0.15) is 0 Å². The standard InChI is InChI=1S/C15H14N2O2/c1-18-12-6-3-5-11(9-12)13-10-17-8-4-7-14(19-2)15(17)16-13/h3-10H,1-2H3. The second-order valence-electron chi connectivity index (χ2n) is 4.17. The number of nitrogens with zero attached hydrogens (tertiary/aromatic N) is 2. The third-order valence-corrected chi connectivity index (χ3v) is 3.03. The van der Waals surface area contributed by atoms with Crippen molar-refractivity contribution >= 4 is 5.65 Å². The van der Waals surface area contributed by atoms with Crippen LogP contribution in [0.2, 0.25) is 0 Å². The summed E-state index contributed by atoms with van der Waals surface area (Å²) in [7, 11) is 3.31. The summed E-state index contributed by atoms with van der Waals surface area (Å²) in [5.74, 6) is 1.58. The second kappa shape index (κ2) is 4.65. The van der Waals surface area contributed by atoms with Crippen molar-refractivity contribution < 1.29 is 9.47 Å². The molecule has 2 aromatic heterocycles. The van der Waals surface area contributed by atoms with E-state index in [4.69, 9.17) is 9.47 Å². The van der Waals surface area contributed by atoms with E-state index in [0.29, 0.717) is 0 Å². The maximum Gasteiger partial charge on any atom is 0.180 e. The largest absolute Gasteiger partial charge is 0.497 e. The van der Waals surface area contributed by atoms with Gasteiger partial charge in [0.05, 0.1) is 19.9 Å². The number of aromatic nitrogens is 2. The van der Waals surface area contributed by atoms with Gasteiger partial charge in [0.1, 0.15) is 5.75 Å². The van der Waals surface area contributed by atoms with Crippen LogP contribution in [0.5, 0.6) is 11.5 Å². The molecule has 0 aliphatic rings. The van der Waals surface area contributed by atoms with Crippen molar-refractivity contribution in [2.24, 2.45) is 0 Å². The first kappa shape index (κ1) is 11.6. The van der Waals surface area contributed by atoms with Crippen LogP contribution in [0.4, 0.5) is 0 Å². The molecule has 96 valence electrons. The molecule has 0 N–H and O–H groups in total. The van der Waals surface area contributed by atoms with Crippen molar-refractivity contribution in [3.05, 3.63) is 48.8 Å². The fourth-order valence-electron chi connectivity index (χ4n) is 2.07. The first-order valence-electron chi connectivity index (χ1n) is 5.98. The highest BCUT2D eigenvalue weighted by molar-refractivity contribution is 5.67. The van der Waals surface area contributed by atoms with E-state index >= 15 is 0 Å². The highest BCUT2D eigenvalue weighted by atomic mass is 16.5. The summed E-state index contributed by atoms with van der Waals surface area (Å²) >= 11 is 0. The Hall–Kier alpha value is -2.49. The number of rotatable bonds is 3. The quantitative estimate of drug-likeness (QED) is 0.720. The van der Waals surface area contributed by atoms with E-state index < -0.39 is 0 Å². The van der Waals surface area contributed by atoms with Gasteiger partial charge in [0.2, 0.25) is 0 Å². The second-order valence-corrected chi connectivity index (χ2v) is 4.17. The van der Waals surface area contributed by atoms with Gasteiger partial charge in [-0.05, 0) is 24.3 Å². The van der Waals surface area contributed by atoms with Gasteiger partial charge in [0.25, 0.3) is 0 Å². The van der Waals surface area contributed by atoms with Crippen molar-refractivity contribution in [3.63, 3.8) is 0 Å². The Labute approximate surface area is 111 Å². The number of methoxy groups -OCH3 is 2. The highest BCUT2D eigenvalue weighted by Crippen LogP contribution is 2.26. The molecule has 0 radical (unpaired) electrons. The topological polar surface area (TPSA) is 35.8 Å². The van der Waals surface area contributed by atoms with Crippen LogP contribution in [-0.2, 0) is 0 Å². The summed E-state index contributed by atoms with van der Waals surface area (Å²) in [6, 6.07) is 11.7. The van der Waals surface area contributed by atoms with Gasteiger partial charge in [-0.1, -0.05) is 12.1 Å². The maximum absolute atomic E-state index is 5.31. The summed E-state index contributed by atoms with van der Waals surface area (Å²) in [5, 5.41) is 0. The average Bonchev–Trinajstić information content (AvgIpc) is 2.91. The van der Waals surface area contributed by atoms with Gasteiger partial charge in [-0.15, -0.1) is 0 Å². The van der Waals surface area contributed by atoms with E-state index in [1.54, 1.807) is 14.2 Å². The van der Waals surface area contributed by atoms with Crippen LogP contribution in [-0.4, -0.2) is 23.6 Å². The van der Waals surface area contributed by atoms with Crippen LogP contribution in [0.25, 0.3) is 16.9 Å². The maximum atomic E-state index is 5.31. The van der Waals surface area contributed by atoms with Crippen LogP contribution < -0.4 is 9.47 Å². The smallest absolute Gasteiger partial charge is 0.180 e. The summed E-state index contributed by atoms with van der Waals surface area (Å²) in [5.41, 5.74) is 2.72. The SMILES string of the molecule is COc1cccc(-c2cn3cccc(OC)c3n2)c1. The van der Waals surface area contributed by atoms with Crippen molar-refractivity contribution in [2.75, 3.05) is 14.2 Å². The van der Waals surface area contributed by atoms with Crippen molar-refractivity contribution in [1.29, 1.82) is 0 Å². The zero-order chi connectivity index (χ0) is 13.2. The Kier molecular flexibility index (Phi) is 2.83. The molecular formula is C15H14N2O2. The van der Waals surface area contributed by atoms with Gasteiger partial charge < -0.3 is 13.9 Å². The Bertz CT molecular complexity index is 719. The summed E-state index contributed by atoms with van der Waals surface area (Å²) in [6.45, 7) is 0. The van der Waals surface area contributed by atoms with E-state index in [9.17, 15) is 0 Å². The van der Waals surface area contributed by atoms with Gasteiger partial charge in [0, 0.05) is 18.0 Å². The van der Waals surface area contributed by atoms with E-state index in [-0.39, 0.29) is 0 Å². The minimum absolute atomic E-state index is 0.761. The summed E-state index contributed by atoms with van der Waals surface area (Å²) < 4.78 is 12.5. The lowest BCUT2D eigenvalue weighted by Crippen LogP contribution is -1.88. The van der Waals surface area contributed by atoms with Gasteiger partial charge >= 0.3 is 0 Å². The molecule has 0 amide bonds. The first-order chi connectivity index (χ1) is 9.31. The van der Waals surface area contributed by atoms with Gasteiger partial charge in [-0.2, -0.15) is 0 Å². The number of fused-ring (bicyclic) bond motifs is 1. The average molecular weight is 254 g/mol. The molecule has 0 saturated heterocycles. The Morgan fingerprint density at radius 3 is 2.74 bits per heavy atom. The lowest BCUT2D eigenvalue weighted by Gasteiger charge is -2.01. The molecule has 0 atom stereocenters. The highest BCUT2D eigenvalue weighted by Gasteiger charge is 2.08. The number of hydrogen-bond donors (Lipinski definition) is 0. The molecule has 0 bridgehead atoms.